The summed E-state index contributed by atoms with van der Waals surface area (Å²) in [6.07, 6.45) is 5.16. The van der Waals surface area contributed by atoms with Crippen LogP contribution in [0.4, 0.5) is 0 Å². The molecule has 2 aromatic carbocycles. The first-order valence-electron chi connectivity index (χ1n) is 9.33. The Hall–Kier alpha value is -2.78. The molecule has 0 radical (unpaired) electrons. The van der Waals surface area contributed by atoms with Gasteiger partial charge in [0.15, 0.2) is 6.20 Å². The molecule has 0 saturated carbocycles. The van der Waals surface area contributed by atoms with E-state index >= 15 is 0 Å². The molecular formula is C23H20Cl2N3O3P. The van der Waals surface area contributed by atoms with Crippen molar-refractivity contribution in [3.63, 3.8) is 0 Å². The van der Waals surface area contributed by atoms with Crippen molar-refractivity contribution in [2.75, 3.05) is 0 Å². The van der Waals surface area contributed by atoms with E-state index in [1.54, 1.807) is 29.1 Å². The van der Waals surface area contributed by atoms with Crippen LogP contribution in [0.1, 0.15) is 23.8 Å². The average Bonchev–Trinajstić information content (AvgIpc) is 2.77. The van der Waals surface area contributed by atoms with E-state index in [1.165, 1.54) is 6.92 Å². The number of hydrogen-bond acceptors (Lipinski definition) is 3. The molecule has 9 heteroatoms. The van der Waals surface area contributed by atoms with Crippen molar-refractivity contribution < 1.29 is 31.3 Å². The fraction of sp³-hybridized carbons (Fsp3) is 0.0870. The normalized spacial score (nSPS) is 11.7. The molecule has 2 heterocycles. The molecular weight excluding hydrogens is 468 g/mol. The van der Waals surface area contributed by atoms with E-state index in [0.717, 1.165) is 27.6 Å². The summed E-state index contributed by atoms with van der Waals surface area (Å²) in [6.45, 7) is 1.52. The first kappa shape index (κ1) is 25.5. The van der Waals surface area contributed by atoms with Crippen molar-refractivity contribution in [2.45, 2.75) is 12.6 Å². The molecule has 4 rings (SSSR count). The first-order valence-corrected chi connectivity index (χ1v) is 11.0. The molecule has 0 aliphatic heterocycles. The number of nitrogens with zero attached hydrogens (tertiary/aromatic N) is 3. The quantitative estimate of drug-likeness (QED) is 0.337. The fourth-order valence-corrected chi connectivity index (χ4v) is 4.09. The molecule has 6 nitrogen and oxygen atoms in total. The average molecular weight is 488 g/mol. The zero-order valence-corrected chi connectivity index (χ0v) is 19.4. The van der Waals surface area contributed by atoms with Crippen LogP contribution < -0.4 is 17.0 Å². The Balaban J connectivity index is 0.00000181. The minimum absolute atomic E-state index is 0. The lowest BCUT2D eigenvalue weighted by atomic mass is 10.0. The van der Waals surface area contributed by atoms with Gasteiger partial charge in [-0.2, -0.15) is 9.83 Å². The van der Waals surface area contributed by atoms with Crippen LogP contribution in [0.15, 0.2) is 79.3 Å². The summed E-state index contributed by atoms with van der Waals surface area (Å²) in [6, 6.07) is 20.7. The topological polar surface area (TPSA) is 98.1 Å². The van der Waals surface area contributed by atoms with Crippen molar-refractivity contribution in [3.8, 4) is 22.9 Å². The van der Waals surface area contributed by atoms with Crippen LogP contribution in [-0.4, -0.2) is 14.8 Å². The van der Waals surface area contributed by atoms with E-state index < -0.39 is 13.3 Å². The lowest BCUT2D eigenvalue weighted by Crippen LogP contribution is -3.00. The standard InChI is InChI=1S/C23H18N3O3P.2ClH/c1-16(30(27,28)29)23-14-18(17-8-11-25-12-9-17)10-13-26(23)22-7-6-19(15-24)20-4-2-3-5-21(20)22;;/h2-14,16H,1H3,(H-,27,28,29);2*1H. The molecule has 1 atom stereocenters. The molecule has 0 bridgehead atoms. The Morgan fingerprint density at radius 2 is 1.66 bits per heavy atom. The summed E-state index contributed by atoms with van der Waals surface area (Å²) in [7, 11) is -4.40. The second-order valence-electron chi connectivity index (χ2n) is 7.00. The number of hydrogen-bond donors (Lipinski definition) is 2. The van der Waals surface area contributed by atoms with Crippen LogP contribution in [0, 0.1) is 11.3 Å². The zero-order valence-electron chi connectivity index (χ0n) is 17.0. The minimum Gasteiger partial charge on any atom is -1.00 e. The number of benzene rings is 2. The highest BCUT2D eigenvalue weighted by Crippen LogP contribution is 2.51. The van der Waals surface area contributed by atoms with Gasteiger partial charge in [0.05, 0.1) is 17.0 Å². The van der Waals surface area contributed by atoms with Gasteiger partial charge in [0.1, 0.15) is 5.66 Å². The Kier molecular flexibility index (Phi) is 8.14. The summed E-state index contributed by atoms with van der Waals surface area (Å²) in [5, 5.41) is 11.1. The Labute approximate surface area is 198 Å². The minimum atomic E-state index is -4.40. The fourth-order valence-electron chi connectivity index (χ4n) is 3.55. The Bertz CT molecular complexity index is 1340. The highest BCUT2D eigenvalue weighted by atomic mass is 35.5. The maximum atomic E-state index is 12.2. The largest absolute Gasteiger partial charge is 1.00 e. The lowest BCUT2D eigenvalue weighted by molar-refractivity contribution is -0.603. The first-order chi connectivity index (χ1) is 14.4. The molecule has 0 fully saturated rings. The third-order valence-corrected chi connectivity index (χ3v) is 6.49. The maximum Gasteiger partial charge on any atom is 0.338 e. The second kappa shape index (κ2) is 10.2. The molecule has 2 aromatic heterocycles. The van der Waals surface area contributed by atoms with Crippen molar-refractivity contribution in [3.05, 3.63) is 90.5 Å². The summed E-state index contributed by atoms with van der Waals surface area (Å²) in [5.74, 6) is 0. The monoisotopic (exact) mass is 487 g/mol. The van der Waals surface area contributed by atoms with E-state index in [9.17, 15) is 19.6 Å². The van der Waals surface area contributed by atoms with Gasteiger partial charge >= 0.3 is 7.60 Å². The third kappa shape index (κ3) is 4.83. The van der Waals surface area contributed by atoms with Gasteiger partial charge in [-0.1, -0.05) is 18.2 Å². The number of halogens is 2. The van der Waals surface area contributed by atoms with Gasteiger partial charge in [-0.05, 0) is 42.3 Å². The molecule has 0 saturated heterocycles. The molecule has 164 valence electrons. The lowest BCUT2D eigenvalue weighted by Gasteiger charge is -2.15. The molecule has 0 aliphatic rings. The van der Waals surface area contributed by atoms with Gasteiger partial charge in [-0.3, -0.25) is 9.55 Å². The van der Waals surface area contributed by atoms with E-state index in [0.29, 0.717) is 11.3 Å². The second-order valence-corrected chi connectivity index (χ2v) is 8.95. The molecule has 2 N–H and O–H groups in total. The molecule has 0 spiro atoms. The van der Waals surface area contributed by atoms with Crippen LogP contribution in [0.3, 0.4) is 0 Å². The molecule has 1 unspecified atom stereocenters. The van der Waals surface area contributed by atoms with Crippen molar-refractivity contribution >= 4 is 30.8 Å². The predicted octanol–water partition coefficient (Wildman–Crippen LogP) is 1.71. The van der Waals surface area contributed by atoms with Crippen molar-refractivity contribution in [1.29, 1.82) is 5.26 Å². The summed E-state index contributed by atoms with van der Waals surface area (Å²) in [4.78, 5) is 23.9. The highest BCUT2D eigenvalue weighted by Gasteiger charge is 2.34. The van der Waals surface area contributed by atoms with E-state index in [4.69, 9.17) is 0 Å². The summed E-state index contributed by atoms with van der Waals surface area (Å²) in [5.41, 5.74) is 2.50. The predicted molar refractivity (Wildman–Crippen MR) is 121 cm³/mol. The highest BCUT2D eigenvalue weighted by molar-refractivity contribution is 7.52. The summed E-state index contributed by atoms with van der Waals surface area (Å²) >= 11 is 0. The van der Waals surface area contributed by atoms with Crippen molar-refractivity contribution in [2.24, 2.45) is 0 Å². The smallest absolute Gasteiger partial charge is 0.338 e. The molecule has 4 aromatic rings. The Morgan fingerprint density at radius 1 is 1.00 bits per heavy atom. The SMILES string of the molecule is CC(c1cc(-c2ccncc2)cc[n+]1-c1ccc(C#N)c2ccccc12)P(=O)(O)O.Cl.[Cl-]. The molecule has 0 aliphatic carbocycles. The van der Waals surface area contributed by atoms with Crippen LogP contribution in [0.25, 0.3) is 27.6 Å². The Morgan fingerprint density at radius 3 is 2.28 bits per heavy atom. The number of fused-ring (bicyclic) bond motifs is 1. The van der Waals surface area contributed by atoms with E-state index in [-0.39, 0.29) is 24.8 Å². The van der Waals surface area contributed by atoms with E-state index in [2.05, 4.69) is 11.1 Å². The van der Waals surface area contributed by atoms with Crippen molar-refractivity contribution in [1.82, 2.24) is 4.98 Å². The maximum absolute atomic E-state index is 12.2. The van der Waals surface area contributed by atoms with Crippen LogP contribution >= 0.6 is 20.0 Å². The third-order valence-electron chi connectivity index (χ3n) is 5.21. The van der Waals surface area contributed by atoms with Gasteiger partial charge in [0, 0.05) is 36.0 Å². The molecule has 32 heavy (non-hydrogen) atoms. The van der Waals surface area contributed by atoms with Gasteiger partial charge in [0.25, 0.3) is 0 Å². The van der Waals surface area contributed by atoms with Crippen LogP contribution in [-0.2, 0) is 4.57 Å². The molecule has 0 amide bonds. The van der Waals surface area contributed by atoms with E-state index in [1.807, 2.05) is 54.7 Å². The van der Waals surface area contributed by atoms with Gasteiger partial charge in [-0.25, -0.2) is 0 Å². The number of aromatic nitrogens is 2. The number of rotatable bonds is 4. The number of nitriles is 1. The van der Waals surface area contributed by atoms with Crippen LogP contribution in [0.2, 0.25) is 0 Å². The van der Waals surface area contributed by atoms with Gasteiger partial charge in [0.2, 0.25) is 11.4 Å². The number of pyridine rings is 2. The van der Waals surface area contributed by atoms with Gasteiger partial charge < -0.3 is 22.2 Å². The summed E-state index contributed by atoms with van der Waals surface area (Å²) < 4.78 is 13.9. The zero-order chi connectivity index (χ0) is 21.3. The van der Waals surface area contributed by atoms with Crippen LogP contribution in [0.5, 0.6) is 0 Å². The van der Waals surface area contributed by atoms with Gasteiger partial charge in [-0.15, -0.1) is 12.4 Å².